The number of phenols is 1. The van der Waals surface area contributed by atoms with Gasteiger partial charge in [-0.05, 0) is 24.1 Å². The smallest absolute Gasteiger partial charge is 0.165 e. The van der Waals surface area contributed by atoms with E-state index in [1.54, 1.807) is 0 Å². The van der Waals surface area contributed by atoms with Crippen LogP contribution >= 0.6 is 24.8 Å². The fraction of sp³-hybridized carbons (Fsp3) is 0.625. The summed E-state index contributed by atoms with van der Waals surface area (Å²) in [6.45, 7) is 6.17. The molecular formula is C16H27Cl2FN2O. The monoisotopic (exact) mass is 352 g/mol. The Bertz CT molecular complexity index is 429. The number of nitrogens with one attached hydrogen (secondary N) is 1. The van der Waals surface area contributed by atoms with Gasteiger partial charge in [0.25, 0.3) is 0 Å². The van der Waals surface area contributed by atoms with Gasteiger partial charge < -0.3 is 10.4 Å². The molecule has 0 aromatic heterocycles. The van der Waals surface area contributed by atoms with E-state index in [0.29, 0.717) is 0 Å². The number of phenolic OH excluding ortho intramolecular Hbond substituents is 1. The van der Waals surface area contributed by atoms with Crippen molar-refractivity contribution in [1.82, 2.24) is 10.2 Å². The maximum Gasteiger partial charge on any atom is 0.165 e. The Morgan fingerprint density at radius 1 is 1.23 bits per heavy atom. The number of nitrogens with zero attached hydrogens (tertiary/aromatic N) is 1. The van der Waals surface area contributed by atoms with Crippen LogP contribution < -0.4 is 5.32 Å². The average Bonchev–Trinajstić information content (AvgIpc) is 2.48. The molecule has 1 aliphatic rings. The van der Waals surface area contributed by atoms with Crippen LogP contribution in [0.25, 0.3) is 0 Å². The van der Waals surface area contributed by atoms with Crippen molar-refractivity contribution in [3.05, 3.63) is 29.6 Å². The van der Waals surface area contributed by atoms with Crippen molar-refractivity contribution in [3.63, 3.8) is 0 Å². The third-order valence-corrected chi connectivity index (χ3v) is 4.03. The van der Waals surface area contributed by atoms with Crippen molar-refractivity contribution in [2.45, 2.75) is 38.6 Å². The first kappa shape index (κ1) is 21.4. The first-order chi connectivity index (χ1) is 9.72. The molecule has 0 spiro atoms. The fourth-order valence-corrected chi connectivity index (χ4v) is 2.87. The highest BCUT2D eigenvalue weighted by atomic mass is 35.5. The lowest BCUT2D eigenvalue weighted by Gasteiger charge is -2.35. The molecule has 0 aliphatic carbocycles. The van der Waals surface area contributed by atoms with Crippen molar-refractivity contribution >= 4 is 24.8 Å². The summed E-state index contributed by atoms with van der Waals surface area (Å²) in [5.74, 6) is -0.778. The van der Waals surface area contributed by atoms with Gasteiger partial charge in [-0.3, -0.25) is 4.90 Å². The van der Waals surface area contributed by atoms with Crippen molar-refractivity contribution in [3.8, 4) is 5.75 Å². The summed E-state index contributed by atoms with van der Waals surface area (Å²) in [6.07, 6.45) is 4.62. The number of benzene rings is 1. The average molecular weight is 353 g/mol. The molecule has 1 atom stereocenters. The maximum absolute atomic E-state index is 13.6. The van der Waals surface area contributed by atoms with Crippen molar-refractivity contribution < 1.29 is 9.50 Å². The van der Waals surface area contributed by atoms with Gasteiger partial charge in [-0.15, -0.1) is 24.8 Å². The molecule has 22 heavy (non-hydrogen) atoms. The maximum atomic E-state index is 13.6. The summed E-state index contributed by atoms with van der Waals surface area (Å²) in [7, 11) is 0. The quantitative estimate of drug-likeness (QED) is 0.762. The number of piperazine rings is 1. The lowest BCUT2D eigenvalue weighted by Crippen LogP contribution is -2.45. The van der Waals surface area contributed by atoms with Gasteiger partial charge in [0.1, 0.15) is 0 Å². The summed E-state index contributed by atoms with van der Waals surface area (Å²) >= 11 is 0. The highest BCUT2D eigenvalue weighted by Gasteiger charge is 2.22. The molecule has 128 valence electrons. The Morgan fingerprint density at radius 3 is 2.50 bits per heavy atom. The number of unbranched alkanes of at least 4 members (excludes halogenated alkanes) is 2. The minimum atomic E-state index is -0.516. The molecular weight excluding hydrogens is 326 g/mol. The minimum Gasteiger partial charge on any atom is -0.505 e. The molecule has 1 fully saturated rings. The molecule has 0 saturated carbocycles. The van der Waals surface area contributed by atoms with Crippen LogP contribution in [0, 0.1) is 5.82 Å². The third-order valence-electron chi connectivity index (χ3n) is 4.03. The predicted molar refractivity (Wildman–Crippen MR) is 93.9 cm³/mol. The van der Waals surface area contributed by atoms with Crippen molar-refractivity contribution in [2.24, 2.45) is 0 Å². The summed E-state index contributed by atoms with van der Waals surface area (Å²) < 4.78 is 13.6. The fourth-order valence-electron chi connectivity index (χ4n) is 2.87. The molecule has 2 rings (SSSR count). The van der Waals surface area contributed by atoms with Crippen LogP contribution in [0.4, 0.5) is 4.39 Å². The molecule has 6 heteroatoms. The summed E-state index contributed by atoms with van der Waals surface area (Å²) in [6, 6.07) is 5.09. The Balaban J connectivity index is 0.00000220. The van der Waals surface area contributed by atoms with Crippen molar-refractivity contribution in [2.75, 3.05) is 26.2 Å². The van der Waals surface area contributed by atoms with Crippen LogP contribution in [0.5, 0.6) is 5.75 Å². The summed E-state index contributed by atoms with van der Waals surface area (Å²) in [5.41, 5.74) is 0.985. The molecule has 1 aromatic rings. The van der Waals surface area contributed by atoms with Crippen LogP contribution in [-0.4, -0.2) is 36.2 Å². The molecule has 1 heterocycles. The van der Waals surface area contributed by atoms with E-state index in [2.05, 4.69) is 17.1 Å². The van der Waals surface area contributed by atoms with Gasteiger partial charge >= 0.3 is 0 Å². The number of hydrogen-bond acceptors (Lipinski definition) is 3. The summed E-state index contributed by atoms with van der Waals surface area (Å²) in [4.78, 5) is 2.43. The summed E-state index contributed by atoms with van der Waals surface area (Å²) in [5, 5.41) is 12.7. The van der Waals surface area contributed by atoms with E-state index in [1.807, 2.05) is 6.07 Å². The Kier molecular flexibility index (Phi) is 10.8. The molecule has 3 nitrogen and oxygen atoms in total. The molecule has 0 radical (unpaired) electrons. The zero-order chi connectivity index (χ0) is 14.4. The second-order valence-corrected chi connectivity index (χ2v) is 5.51. The van der Waals surface area contributed by atoms with E-state index in [0.717, 1.165) is 44.6 Å². The normalized spacial score (nSPS) is 16.5. The molecule has 1 aliphatic heterocycles. The lowest BCUT2D eigenvalue weighted by atomic mass is 9.98. The van der Waals surface area contributed by atoms with E-state index < -0.39 is 5.82 Å². The second kappa shape index (κ2) is 11.1. The second-order valence-electron chi connectivity index (χ2n) is 5.51. The van der Waals surface area contributed by atoms with Gasteiger partial charge in [-0.1, -0.05) is 32.3 Å². The predicted octanol–water partition coefficient (Wildman–Crippen LogP) is 3.90. The van der Waals surface area contributed by atoms with E-state index in [4.69, 9.17) is 0 Å². The van der Waals surface area contributed by atoms with Gasteiger partial charge in [-0.25, -0.2) is 4.39 Å². The van der Waals surface area contributed by atoms with E-state index in [9.17, 15) is 9.50 Å². The van der Waals surface area contributed by atoms with Crippen LogP contribution in [-0.2, 0) is 0 Å². The molecule has 0 unspecified atom stereocenters. The molecule has 2 N–H and O–H groups in total. The van der Waals surface area contributed by atoms with E-state index in [1.165, 1.54) is 25.0 Å². The first-order valence-electron chi connectivity index (χ1n) is 7.65. The van der Waals surface area contributed by atoms with Gasteiger partial charge in [0.05, 0.1) is 0 Å². The van der Waals surface area contributed by atoms with Crippen molar-refractivity contribution in [1.29, 1.82) is 0 Å². The Hall–Kier alpha value is -0.550. The zero-order valence-corrected chi connectivity index (χ0v) is 14.7. The van der Waals surface area contributed by atoms with Crippen LogP contribution in [0.1, 0.15) is 44.2 Å². The van der Waals surface area contributed by atoms with E-state index >= 15 is 0 Å². The molecule has 1 saturated heterocycles. The molecule has 0 amide bonds. The number of aromatic hydroxyl groups is 1. The number of rotatable bonds is 6. The number of hydrogen-bond donors (Lipinski definition) is 2. The molecule has 0 bridgehead atoms. The Morgan fingerprint density at radius 2 is 1.91 bits per heavy atom. The van der Waals surface area contributed by atoms with Gasteiger partial charge in [-0.2, -0.15) is 0 Å². The highest BCUT2D eigenvalue weighted by Crippen LogP contribution is 2.29. The lowest BCUT2D eigenvalue weighted by molar-refractivity contribution is 0.162. The van der Waals surface area contributed by atoms with Crippen LogP contribution in [0.2, 0.25) is 0 Å². The number of halogens is 3. The minimum absolute atomic E-state index is 0. The first-order valence-corrected chi connectivity index (χ1v) is 7.65. The van der Waals surface area contributed by atoms with Gasteiger partial charge in [0.2, 0.25) is 0 Å². The van der Waals surface area contributed by atoms with Gasteiger partial charge in [0, 0.05) is 32.2 Å². The van der Waals surface area contributed by atoms with Crippen LogP contribution in [0.15, 0.2) is 18.2 Å². The largest absolute Gasteiger partial charge is 0.505 e. The topological polar surface area (TPSA) is 35.5 Å². The third kappa shape index (κ3) is 5.92. The highest BCUT2D eigenvalue weighted by molar-refractivity contribution is 5.85. The van der Waals surface area contributed by atoms with Gasteiger partial charge in [0.15, 0.2) is 11.6 Å². The Labute approximate surface area is 145 Å². The van der Waals surface area contributed by atoms with E-state index in [-0.39, 0.29) is 36.6 Å². The standard InChI is InChI=1S/C16H25FN2O.2ClH/c1-2-3-4-5-15(19-10-8-18-9-11-19)13-6-7-16(20)14(17)12-13;;/h6-7,12,15,18,20H,2-5,8-11H2,1H3;2*1H/t15-;;/m1../s1. The molecule has 1 aromatic carbocycles. The van der Waals surface area contributed by atoms with Crippen LogP contribution in [0.3, 0.4) is 0 Å². The zero-order valence-electron chi connectivity index (χ0n) is 13.1. The SMILES string of the molecule is CCCCC[C@H](c1ccc(O)c(F)c1)N1CCNCC1.Cl.Cl.